The molecule has 4 heteroatoms. The Morgan fingerprint density at radius 2 is 2.00 bits per heavy atom. The zero-order valence-corrected chi connectivity index (χ0v) is 9.19. The predicted octanol–water partition coefficient (Wildman–Crippen LogP) is 1.32. The van der Waals surface area contributed by atoms with Gasteiger partial charge in [0.1, 0.15) is 18.1 Å². The molecule has 0 aliphatic heterocycles. The molecule has 0 aliphatic carbocycles. The first-order chi connectivity index (χ1) is 7.26. The lowest BCUT2D eigenvalue weighted by molar-refractivity contribution is 0.272. The van der Waals surface area contributed by atoms with Gasteiger partial charge in [0.25, 0.3) is 0 Å². The minimum absolute atomic E-state index is 0.126. The Morgan fingerprint density at radius 3 is 2.60 bits per heavy atom. The third-order valence-corrected chi connectivity index (χ3v) is 1.90. The summed E-state index contributed by atoms with van der Waals surface area (Å²) >= 11 is 0. The van der Waals surface area contributed by atoms with E-state index in [0.717, 1.165) is 11.5 Å². The summed E-state index contributed by atoms with van der Waals surface area (Å²) in [7, 11) is 0. The molecule has 1 atom stereocenters. The predicted molar refractivity (Wildman–Crippen MR) is 59.9 cm³/mol. The molecular formula is C11H18N2O2. The summed E-state index contributed by atoms with van der Waals surface area (Å²) in [4.78, 5) is 0. The largest absolute Gasteiger partial charge is 0.494 e. The lowest BCUT2D eigenvalue weighted by Gasteiger charge is -2.12. The van der Waals surface area contributed by atoms with E-state index in [1.165, 1.54) is 0 Å². The van der Waals surface area contributed by atoms with Gasteiger partial charge in [-0.05, 0) is 26.0 Å². The summed E-state index contributed by atoms with van der Waals surface area (Å²) in [5, 5.41) is 0. The van der Waals surface area contributed by atoms with Crippen LogP contribution >= 0.6 is 0 Å². The van der Waals surface area contributed by atoms with E-state index in [2.05, 4.69) is 5.43 Å². The number of hydrogen-bond acceptors (Lipinski definition) is 4. The van der Waals surface area contributed by atoms with Crippen molar-refractivity contribution in [3.05, 3.63) is 24.3 Å². The average Bonchev–Trinajstić information content (AvgIpc) is 2.27. The molecule has 0 saturated carbocycles. The lowest BCUT2D eigenvalue weighted by Crippen LogP contribution is -2.36. The van der Waals surface area contributed by atoms with Gasteiger partial charge in [-0.25, -0.2) is 0 Å². The summed E-state index contributed by atoms with van der Waals surface area (Å²) < 4.78 is 10.9. The van der Waals surface area contributed by atoms with Gasteiger partial charge in [0.2, 0.25) is 0 Å². The lowest BCUT2D eigenvalue weighted by atomic mass is 10.3. The molecule has 3 N–H and O–H groups in total. The van der Waals surface area contributed by atoms with Gasteiger partial charge >= 0.3 is 0 Å². The summed E-state index contributed by atoms with van der Waals surface area (Å²) in [5.41, 5.74) is 2.62. The minimum Gasteiger partial charge on any atom is -0.494 e. The van der Waals surface area contributed by atoms with Crippen LogP contribution in [0.3, 0.4) is 0 Å². The Hall–Kier alpha value is -1.26. The van der Waals surface area contributed by atoms with Crippen LogP contribution in [0.1, 0.15) is 13.8 Å². The molecule has 0 saturated heterocycles. The van der Waals surface area contributed by atoms with Crippen molar-refractivity contribution >= 4 is 0 Å². The maximum Gasteiger partial charge on any atom is 0.123 e. The first-order valence-corrected chi connectivity index (χ1v) is 5.08. The number of rotatable bonds is 6. The fraction of sp³-hybridized carbons (Fsp3) is 0.455. The number of hydrazine groups is 1. The highest BCUT2D eigenvalue weighted by molar-refractivity contribution is 5.32. The normalized spacial score (nSPS) is 12.2. The Kier molecular flexibility index (Phi) is 4.93. The molecule has 1 aromatic rings. The Balaban J connectivity index is 2.50. The molecular weight excluding hydrogens is 192 g/mol. The van der Waals surface area contributed by atoms with E-state index in [0.29, 0.717) is 13.2 Å². The molecule has 0 amide bonds. The van der Waals surface area contributed by atoms with Crippen LogP contribution in [0.15, 0.2) is 24.3 Å². The zero-order valence-electron chi connectivity index (χ0n) is 9.19. The average molecular weight is 210 g/mol. The van der Waals surface area contributed by atoms with Crippen molar-refractivity contribution in [2.24, 2.45) is 5.84 Å². The molecule has 0 spiro atoms. The fourth-order valence-corrected chi connectivity index (χ4v) is 1.09. The highest BCUT2D eigenvalue weighted by Gasteiger charge is 2.01. The van der Waals surface area contributed by atoms with Crippen LogP contribution in [0.4, 0.5) is 0 Å². The Morgan fingerprint density at radius 1 is 1.33 bits per heavy atom. The molecule has 1 aromatic carbocycles. The van der Waals surface area contributed by atoms with E-state index in [1.807, 2.05) is 38.1 Å². The fourth-order valence-electron chi connectivity index (χ4n) is 1.09. The van der Waals surface area contributed by atoms with Crippen LogP contribution in [0.2, 0.25) is 0 Å². The summed E-state index contributed by atoms with van der Waals surface area (Å²) in [6.45, 7) is 5.09. The van der Waals surface area contributed by atoms with E-state index < -0.39 is 0 Å². The second-order valence-corrected chi connectivity index (χ2v) is 3.29. The second kappa shape index (κ2) is 6.27. The van der Waals surface area contributed by atoms with Crippen molar-refractivity contribution in [1.82, 2.24) is 5.43 Å². The highest BCUT2D eigenvalue weighted by Crippen LogP contribution is 2.19. The van der Waals surface area contributed by atoms with Gasteiger partial charge in [0.15, 0.2) is 0 Å². The molecule has 0 fully saturated rings. The second-order valence-electron chi connectivity index (χ2n) is 3.29. The number of benzene rings is 1. The zero-order chi connectivity index (χ0) is 11.1. The van der Waals surface area contributed by atoms with E-state index in [4.69, 9.17) is 15.3 Å². The third-order valence-electron chi connectivity index (χ3n) is 1.90. The van der Waals surface area contributed by atoms with Gasteiger partial charge in [-0.1, -0.05) is 6.07 Å². The van der Waals surface area contributed by atoms with Crippen LogP contribution in [-0.4, -0.2) is 19.3 Å². The van der Waals surface area contributed by atoms with Crippen LogP contribution < -0.4 is 20.7 Å². The van der Waals surface area contributed by atoms with Crippen molar-refractivity contribution in [1.29, 1.82) is 0 Å². The molecule has 4 nitrogen and oxygen atoms in total. The van der Waals surface area contributed by atoms with Crippen molar-refractivity contribution in [3.8, 4) is 11.5 Å². The number of hydrogen-bond donors (Lipinski definition) is 2. The van der Waals surface area contributed by atoms with Crippen molar-refractivity contribution < 1.29 is 9.47 Å². The standard InChI is InChI=1S/C11H18N2O2/c1-3-14-10-5-4-6-11(7-10)15-8-9(2)13-12/h4-7,9,13H,3,8,12H2,1-2H3. The molecule has 15 heavy (non-hydrogen) atoms. The molecule has 1 rings (SSSR count). The smallest absolute Gasteiger partial charge is 0.123 e. The number of ether oxygens (including phenoxy) is 2. The Bertz CT molecular complexity index is 292. The van der Waals surface area contributed by atoms with Crippen LogP contribution in [0, 0.1) is 0 Å². The monoisotopic (exact) mass is 210 g/mol. The van der Waals surface area contributed by atoms with Gasteiger partial charge in [0.05, 0.1) is 12.6 Å². The van der Waals surface area contributed by atoms with Crippen molar-refractivity contribution in [2.75, 3.05) is 13.2 Å². The molecule has 1 unspecified atom stereocenters. The minimum atomic E-state index is 0.126. The first kappa shape index (κ1) is 11.8. The Labute approximate surface area is 90.3 Å². The van der Waals surface area contributed by atoms with E-state index in [9.17, 15) is 0 Å². The van der Waals surface area contributed by atoms with E-state index in [1.54, 1.807) is 0 Å². The molecule has 0 radical (unpaired) electrons. The quantitative estimate of drug-likeness (QED) is 0.549. The van der Waals surface area contributed by atoms with Crippen LogP contribution in [0.25, 0.3) is 0 Å². The van der Waals surface area contributed by atoms with Crippen molar-refractivity contribution in [3.63, 3.8) is 0 Å². The van der Waals surface area contributed by atoms with Gasteiger partial charge in [-0.3, -0.25) is 11.3 Å². The molecule has 0 aliphatic rings. The van der Waals surface area contributed by atoms with Crippen LogP contribution in [-0.2, 0) is 0 Å². The van der Waals surface area contributed by atoms with Gasteiger partial charge in [-0.15, -0.1) is 0 Å². The topological polar surface area (TPSA) is 56.5 Å². The maximum absolute atomic E-state index is 5.52. The number of nitrogens with one attached hydrogen (secondary N) is 1. The summed E-state index contributed by atoms with van der Waals surface area (Å²) in [6.07, 6.45) is 0. The van der Waals surface area contributed by atoms with Gasteiger partial charge in [0, 0.05) is 6.07 Å². The van der Waals surface area contributed by atoms with Gasteiger partial charge in [-0.2, -0.15) is 0 Å². The summed E-state index contributed by atoms with van der Waals surface area (Å²) in [5.74, 6) is 6.88. The molecule has 84 valence electrons. The first-order valence-electron chi connectivity index (χ1n) is 5.08. The van der Waals surface area contributed by atoms with E-state index >= 15 is 0 Å². The SMILES string of the molecule is CCOc1cccc(OCC(C)NN)c1. The molecule has 0 aromatic heterocycles. The van der Waals surface area contributed by atoms with Crippen molar-refractivity contribution in [2.45, 2.75) is 19.9 Å². The van der Waals surface area contributed by atoms with E-state index in [-0.39, 0.29) is 6.04 Å². The molecule has 0 bridgehead atoms. The third kappa shape index (κ3) is 4.18. The maximum atomic E-state index is 5.52. The van der Waals surface area contributed by atoms with Crippen LogP contribution in [0.5, 0.6) is 11.5 Å². The summed E-state index contributed by atoms with van der Waals surface area (Å²) in [6, 6.07) is 7.70. The molecule has 0 heterocycles. The number of nitrogens with two attached hydrogens (primary N) is 1. The highest BCUT2D eigenvalue weighted by atomic mass is 16.5. The van der Waals surface area contributed by atoms with Gasteiger partial charge < -0.3 is 9.47 Å².